The van der Waals surface area contributed by atoms with Crippen LogP contribution in [0, 0.1) is 0 Å². The molecule has 1 unspecified atom stereocenters. The first kappa shape index (κ1) is 17.0. The van der Waals surface area contributed by atoms with Crippen molar-refractivity contribution in [3.8, 4) is 0 Å². The van der Waals surface area contributed by atoms with Gasteiger partial charge in [0.1, 0.15) is 0 Å². The molecule has 1 rings (SSSR count). The standard InChI is InChI=1S/C11H18N2.2ClH/c1-3-13-11-6-4-10(5-7-11)8-9(2)12;;/h4-7,9,13H,3,8,12H2,1-2H3;2*1H. The fourth-order valence-electron chi connectivity index (χ4n) is 1.33. The van der Waals surface area contributed by atoms with Gasteiger partial charge in [-0.2, -0.15) is 0 Å². The highest BCUT2D eigenvalue weighted by Crippen LogP contribution is 2.10. The maximum Gasteiger partial charge on any atom is 0.0340 e. The van der Waals surface area contributed by atoms with E-state index in [1.165, 1.54) is 11.3 Å². The minimum atomic E-state index is 0. The highest BCUT2D eigenvalue weighted by Gasteiger charge is 1.97. The Kier molecular flexibility index (Phi) is 10.00. The lowest BCUT2D eigenvalue weighted by molar-refractivity contribution is 0.738. The first-order valence-electron chi connectivity index (χ1n) is 4.80. The third kappa shape index (κ3) is 6.61. The van der Waals surface area contributed by atoms with Crippen molar-refractivity contribution in [2.75, 3.05) is 11.9 Å². The molecule has 3 N–H and O–H groups in total. The Morgan fingerprint density at radius 1 is 1.20 bits per heavy atom. The number of nitrogens with two attached hydrogens (primary N) is 1. The number of anilines is 1. The summed E-state index contributed by atoms with van der Waals surface area (Å²) in [6.45, 7) is 5.08. The minimum absolute atomic E-state index is 0. The summed E-state index contributed by atoms with van der Waals surface area (Å²) in [7, 11) is 0. The molecule has 88 valence electrons. The zero-order valence-electron chi connectivity index (χ0n) is 9.19. The van der Waals surface area contributed by atoms with E-state index in [0.717, 1.165) is 13.0 Å². The van der Waals surface area contributed by atoms with Crippen molar-refractivity contribution in [2.24, 2.45) is 5.73 Å². The van der Waals surface area contributed by atoms with Gasteiger partial charge in [0.15, 0.2) is 0 Å². The van der Waals surface area contributed by atoms with E-state index in [-0.39, 0.29) is 30.9 Å². The van der Waals surface area contributed by atoms with Crippen LogP contribution in [0.1, 0.15) is 19.4 Å². The average molecular weight is 251 g/mol. The van der Waals surface area contributed by atoms with Gasteiger partial charge in [-0.3, -0.25) is 0 Å². The van der Waals surface area contributed by atoms with Gasteiger partial charge < -0.3 is 11.1 Å². The van der Waals surface area contributed by atoms with Crippen molar-refractivity contribution in [2.45, 2.75) is 26.3 Å². The van der Waals surface area contributed by atoms with Crippen molar-refractivity contribution < 1.29 is 0 Å². The maximum atomic E-state index is 5.71. The Bertz CT molecular complexity index is 247. The Hall–Kier alpha value is -0.440. The third-order valence-corrected chi connectivity index (χ3v) is 1.89. The molecule has 0 heterocycles. The largest absolute Gasteiger partial charge is 0.385 e. The predicted molar refractivity (Wildman–Crippen MR) is 72.5 cm³/mol. The number of hydrogen-bond donors (Lipinski definition) is 2. The number of nitrogens with one attached hydrogen (secondary N) is 1. The Labute approximate surface area is 104 Å². The summed E-state index contributed by atoms with van der Waals surface area (Å²) in [6.07, 6.45) is 0.951. The van der Waals surface area contributed by atoms with Gasteiger partial charge >= 0.3 is 0 Å². The lowest BCUT2D eigenvalue weighted by atomic mass is 10.1. The Morgan fingerprint density at radius 3 is 2.13 bits per heavy atom. The van der Waals surface area contributed by atoms with E-state index in [4.69, 9.17) is 5.73 Å². The molecule has 0 radical (unpaired) electrons. The summed E-state index contributed by atoms with van der Waals surface area (Å²) < 4.78 is 0. The van der Waals surface area contributed by atoms with Crippen LogP contribution in [-0.4, -0.2) is 12.6 Å². The first-order valence-corrected chi connectivity index (χ1v) is 4.80. The van der Waals surface area contributed by atoms with Crippen LogP contribution in [0.15, 0.2) is 24.3 Å². The zero-order chi connectivity index (χ0) is 9.68. The Morgan fingerprint density at radius 2 is 1.73 bits per heavy atom. The molecule has 0 aliphatic heterocycles. The van der Waals surface area contributed by atoms with Gasteiger partial charge in [-0.15, -0.1) is 24.8 Å². The normalized spacial score (nSPS) is 10.9. The van der Waals surface area contributed by atoms with E-state index in [1.807, 2.05) is 6.92 Å². The summed E-state index contributed by atoms with van der Waals surface area (Å²) in [4.78, 5) is 0. The molecule has 0 aliphatic rings. The molecule has 0 bridgehead atoms. The molecular formula is C11H20Cl2N2. The third-order valence-electron chi connectivity index (χ3n) is 1.89. The predicted octanol–water partition coefficient (Wildman–Crippen LogP) is 2.85. The molecule has 0 saturated carbocycles. The molecule has 15 heavy (non-hydrogen) atoms. The second kappa shape index (κ2) is 8.84. The second-order valence-corrected chi connectivity index (χ2v) is 3.41. The van der Waals surface area contributed by atoms with Crippen LogP contribution in [0.5, 0.6) is 0 Å². The van der Waals surface area contributed by atoms with Gasteiger partial charge in [0.25, 0.3) is 0 Å². The van der Waals surface area contributed by atoms with Crippen molar-refractivity contribution in [3.05, 3.63) is 29.8 Å². The van der Waals surface area contributed by atoms with E-state index in [2.05, 4.69) is 36.5 Å². The molecule has 0 spiro atoms. The molecular weight excluding hydrogens is 231 g/mol. The van der Waals surface area contributed by atoms with E-state index in [1.54, 1.807) is 0 Å². The van der Waals surface area contributed by atoms with E-state index in [9.17, 15) is 0 Å². The summed E-state index contributed by atoms with van der Waals surface area (Å²) in [5, 5.41) is 3.26. The summed E-state index contributed by atoms with van der Waals surface area (Å²) >= 11 is 0. The topological polar surface area (TPSA) is 38.0 Å². The van der Waals surface area contributed by atoms with Gasteiger partial charge in [-0.05, 0) is 38.0 Å². The van der Waals surface area contributed by atoms with Crippen molar-refractivity contribution in [1.82, 2.24) is 0 Å². The Balaban J connectivity index is 0. The van der Waals surface area contributed by atoms with E-state index < -0.39 is 0 Å². The van der Waals surface area contributed by atoms with Crippen LogP contribution in [-0.2, 0) is 6.42 Å². The molecule has 2 nitrogen and oxygen atoms in total. The zero-order valence-corrected chi connectivity index (χ0v) is 10.8. The fourth-order valence-corrected chi connectivity index (χ4v) is 1.33. The average Bonchev–Trinajstić information content (AvgIpc) is 2.08. The van der Waals surface area contributed by atoms with Crippen LogP contribution in [0.2, 0.25) is 0 Å². The van der Waals surface area contributed by atoms with Crippen LogP contribution in [0.3, 0.4) is 0 Å². The van der Waals surface area contributed by atoms with Crippen molar-refractivity contribution in [1.29, 1.82) is 0 Å². The lowest BCUT2D eigenvalue weighted by Gasteiger charge is -2.07. The second-order valence-electron chi connectivity index (χ2n) is 3.41. The molecule has 1 aromatic carbocycles. The summed E-state index contributed by atoms with van der Waals surface area (Å²) in [6, 6.07) is 8.69. The molecule has 0 aromatic heterocycles. The number of benzene rings is 1. The smallest absolute Gasteiger partial charge is 0.0340 e. The molecule has 1 atom stereocenters. The lowest BCUT2D eigenvalue weighted by Crippen LogP contribution is -2.17. The minimum Gasteiger partial charge on any atom is -0.385 e. The highest BCUT2D eigenvalue weighted by molar-refractivity contribution is 5.85. The van der Waals surface area contributed by atoms with Gasteiger partial charge in [0, 0.05) is 18.3 Å². The maximum absolute atomic E-state index is 5.71. The van der Waals surface area contributed by atoms with Crippen molar-refractivity contribution >= 4 is 30.5 Å². The number of halogens is 2. The molecule has 0 saturated heterocycles. The molecule has 1 aromatic rings. The van der Waals surface area contributed by atoms with Gasteiger partial charge in [0.05, 0.1) is 0 Å². The summed E-state index contributed by atoms with van der Waals surface area (Å²) in [5.74, 6) is 0. The van der Waals surface area contributed by atoms with Gasteiger partial charge in [0.2, 0.25) is 0 Å². The van der Waals surface area contributed by atoms with E-state index >= 15 is 0 Å². The monoisotopic (exact) mass is 250 g/mol. The molecule has 4 heteroatoms. The van der Waals surface area contributed by atoms with Crippen LogP contribution < -0.4 is 11.1 Å². The highest BCUT2D eigenvalue weighted by atomic mass is 35.5. The van der Waals surface area contributed by atoms with E-state index in [0.29, 0.717) is 0 Å². The van der Waals surface area contributed by atoms with Gasteiger partial charge in [-0.25, -0.2) is 0 Å². The van der Waals surface area contributed by atoms with Crippen LogP contribution in [0.25, 0.3) is 0 Å². The quantitative estimate of drug-likeness (QED) is 0.863. The summed E-state index contributed by atoms with van der Waals surface area (Å²) in [5.41, 5.74) is 8.18. The number of rotatable bonds is 4. The molecule has 0 aliphatic carbocycles. The van der Waals surface area contributed by atoms with Crippen LogP contribution >= 0.6 is 24.8 Å². The first-order chi connectivity index (χ1) is 6.22. The van der Waals surface area contributed by atoms with Crippen LogP contribution in [0.4, 0.5) is 5.69 Å². The SMILES string of the molecule is CCNc1ccc(CC(C)N)cc1.Cl.Cl. The fraction of sp³-hybridized carbons (Fsp3) is 0.455. The number of hydrogen-bond acceptors (Lipinski definition) is 2. The molecule has 0 amide bonds. The van der Waals surface area contributed by atoms with Crippen molar-refractivity contribution in [3.63, 3.8) is 0 Å². The molecule has 0 fully saturated rings. The van der Waals surface area contributed by atoms with Gasteiger partial charge in [-0.1, -0.05) is 12.1 Å².